The molecule has 1 saturated heterocycles. The normalized spacial score (nSPS) is 25.8. The molecule has 1 aliphatic rings. The van der Waals surface area contributed by atoms with Crippen molar-refractivity contribution in [1.29, 1.82) is 0 Å². The van der Waals surface area contributed by atoms with Crippen LogP contribution in [0.4, 0.5) is 0 Å². The van der Waals surface area contributed by atoms with E-state index < -0.39 is 0 Å². The number of likely N-dealkylation sites (tertiary alicyclic amines) is 1. The Morgan fingerprint density at radius 1 is 1.50 bits per heavy atom. The van der Waals surface area contributed by atoms with Gasteiger partial charge < -0.3 is 5.73 Å². The summed E-state index contributed by atoms with van der Waals surface area (Å²) in [7, 11) is 0. The van der Waals surface area contributed by atoms with Crippen LogP contribution in [-0.2, 0) is 13.1 Å². The van der Waals surface area contributed by atoms with E-state index in [-0.39, 0.29) is 0 Å². The number of hydrogen-bond donors (Lipinski definition) is 1. The summed E-state index contributed by atoms with van der Waals surface area (Å²) < 4.78 is 2.03. The molecule has 0 aliphatic carbocycles. The lowest BCUT2D eigenvalue weighted by molar-refractivity contribution is 0.134. The zero-order valence-electron chi connectivity index (χ0n) is 11.7. The molecule has 2 heterocycles. The molecule has 5 nitrogen and oxygen atoms in total. The van der Waals surface area contributed by atoms with Gasteiger partial charge in [0.25, 0.3) is 0 Å². The zero-order valence-corrected chi connectivity index (χ0v) is 11.7. The largest absolute Gasteiger partial charge is 0.328 e. The van der Waals surface area contributed by atoms with Gasteiger partial charge in [-0.25, -0.2) is 9.67 Å². The van der Waals surface area contributed by atoms with Crippen molar-refractivity contribution in [3.8, 4) is 0 Å². The maximum Gasteiger partial charge on any atom is 0.141 e. The Morgan fingerprint density at radius 2 is 2.28 bits per heavy atom. The van der Waals surface area contributed by atoms with Crippen LogP contribution in [0.1, 0.15) is 39.4 Å². The van der Waals surface area contributed by atoms with Crippen molar-refractivity contribution in [2.24, 2.45) is 11.7 Å². The molecule has 1 aromatic heterocycles. The first-order valence-electron chi connectivity index (χ1n) is 6.92. The smallest absolute Gasteiger partial charge is 0.141 e. The van der Waals surface area contributed by atoms with Crippen LogP contribution in [0.5, 0.6) is 0 Å². The zero-order chi connectivity index (χ0) is 13.1. The number of nitrogens with zero attached hydrogens (tertiary/aromatic N) is 4. The first-order chi connectivity index (χ1) is 8.56. The van der Waals surface area contributed by atoms with Gasteiger partial charge >= 0.3 is 0 Å². The van der Waals surface area contributed by atoms with Crippen LogP contribution in [0.3, 0.4) is 0 Å². The van der Waals surface area contributed by atoms with E-state index in [0.29, 0.717) is 18.0 Å². The highest BCUT2D eigenvalue weighted by Gasteiger charge is 2.24. The molecule has 0 bridgehead atoms. The monoisotopic (exact) mass is 251 g/mol. The molecule has 2 atom stereocenters. The van der Waals surface area contributed by atoms with Crippen LogP contribution in [0.25, 0.3) is 0 Å². The van der Waals surface area contributed by atoms with Gasteiger partial charge in [-0.3, -0.25) is 4.90 Å². The number of aromatic nitrogens is 3. The Bertz CT molecular complexity index is 373. The molecular formula is C13H25N5. The predicted molar refractivity (Wildman–Crippen MR) is 71.9 cm³/mol. The lowest BCUT2D eigenvalue weighted by Gasteiger charge is -2.35. The Morgan fingerprint density at radius 3 is 2.94 bits per heavy atom. The molecule has 1 aliphatic heterocycles. The number of hydrogen-bond acceptors (Lipinski definition) is 4. The minimum atomic E-state index is 0.366. The van der Waals surface area contributed by atoms with E-state index in [1.165, 1.54) is 0 Å². The molecule has 102 valence electrons. The van der Waals surface area contributed by atoms with E-state index in [0.717, 1.165) is 38.3 Å². The summed E-state index contributed by atoms with van der Waals surface area (Å²) in [5.74, 6) is 1.67. The van der Waals surface area contributed by atoms with Gasteiger partial charge in [0.05, 0.1) is 6.54 Å². The molecule has 0 saturated carbocycles. The molecule has 0 spiro atoms. The quantitative estimate of drug-likeness (QED) is 0.875. The maximum atomic E-state index is 6.00. The summed E-state index contributed by atoms with van der Waals surface area (Å²) in [5, 5.41) is 4.32. The standard InChI is InChI=1S/C13H25N5/c1-10(2)7-18-13(15-9-16-18)8-17-5-4-12(14)6-11(17)3/h9-12H,4-8,14H2,1-3H3. The minimum absolute atomic E-state index is 0.366. The Labute approximate surface area is 109 Å². The van der Waals surface area contributed by atoms with Crippen LogP contribution in [0.15, 0.2) is 6.33 Å². The molecule has 2 unspecified atom stereocenters. The molecule has 18 heavy (non-hydrogen) atoms. The Hall–Kier alpha value is -0.940. The van der Waals surface area contributed by atoms with Gasteiger partial charge in [-0.1, -0.05) is 13.8 Å². The minimum Gasteiger partial charge on any atom is -0.328 e. The van der Waals surface area contributed by atoms with Crippen LogP contribution < -0.4 is 5.73 Å². The lowest BCUT2D eigenvalue weighted by atomic mass is 9.99. The molecule has 2 rings (SSSR count). The predicted octanol–water partition coefficient (Wildman–Crippen LogP) is 1.25. The first kappa shape index (κ1) is 13.5. The van der Waals surface area contributed by atoms with Gasteiger partial charge in [0, 0.05) is 25.2 Å². The molecule has 0 amide bonds. The number of rotatable bonds is 4. The van der Waals surface area contributed by atoms with Crippen molar-refractivity contribution in [1.82, 2.24) is 19.7 Å². The van der Waals surface area contributed by atoms with Crippen molar-refractivity contribution < 1.29 is 0 Å². The second-order valence-electron chi connectivity index (χ2n) is 5.86. The number of nitrogens with two attached hydrogens (primary N) is 1. The Balaban J connectivity index is 1.98. The van der Waals surface area contributed by atoms with E-state index in [1.807, 2.05) is 4.68 Å². The molecular weight excluding hydrogens is 226 g/mol. The highest BCUT2D eigenvalue weighted by molar-refractivity contribution is 4.89. The van der Waals surface area contributed by atoms with Crippen molar-refractivity contribution in [2.75, 3.05) is 6.54 Å². The summed E-state index contributed by atoms with van der Waals surface area (Å²) in [6.07, 6.45) is 3.83. The molecule has 1 fully saturated rings. The second kappa shape index (κ2) is 5.80. The third kappa shape index (κ3) is 3.29. The molecule has 0 aromatic carbocycles. The molecule has 2 N–H and O–H groups in total. The first-order valence-corrected chi connectivity index (χ1v) is 6.92. The van der Waals surface area contributed by atoms with Crippen molar-refractivity contribution in [3.63, 3.8) is 0 Å². The van der Waals surface area contributed by atoms with E-state index in [4.69, 9.17) is 5.73 Å². The van der Waals surface area contributed by atoms with Crippen LogP contribution in [-0.4, -0.2) is 38.3 Å². The third-order valence-electron chi connectivity index (χ3n) is 3.63. The molecule has 5 heteroatoms. The average Bonchev–Trinajstić information content (AvgIpc) is 2.69. The van der Waals surface area contributed by atoms with Crippen molar-refractivity contribution in [3.05, 3.63) is 12.2 Å². The fourth-order valence-corrected chi connectivity index (χ4v) is 2.58. The lowest BCUT2D eigenvalue weighted by Crippen LogP contribution is -2.45. The topological polar surface area (TPSA) is 60.0 Å². The van der Waals surface area contributed by atoms with Gasteiger partial charge in [0.2, 0.25) is 0 Å². The van der Waals surface area contributed by atoms with Gasteiger partial charge in [0.15, 0.2) is 0 Å². The van der Waals surface area contributed by atoms with Crippen LogP contribution in [0, 0.1) is 5.92 Å². The average molecular weight is 251 g/mol. The summed E-state index contributed by atoms with van der Waals surface area (Å²) in [6.45, 7) is 9.55. The van der Waals surface area contributed by atoms with E-state index in [9.17, 15) is 0 Å². The van der Waals surface area contributed by atoms with Crippen molar-refractivity contribution in [2.45, 2.75) is 58.8 Å². The Kier molecular flexibility index (Phi) is 4.35. The van der Waals surface area contributed by atoms with Crippen LogP contribution in [0.2, 0.25) is 0 Å². The summed E-state index contributed by atoms with van der Waals surface area (Å²) in [4.78, 5) is 6.86. The molecule has 0 radical (unpaired) electrons. The second-order valence-corrected chi connectivity index (χ2v) is 5.86. The van der Waals surface area contributed by atoms with Gasteiger partial charge in [-0.2, -0.15) is 5.10 Å². The fourth-order valence-electron chi connectivity index (χ4n) is 2.58. The highest BCUT2D eigenvalue weighted by atomic mass is 15.4. The maximum absolute atomic E-state index is 6.00. The summed E-state index contributed by atoms with van der Waals surface area (Å²) in [5.41, 5.74) is 6.00. The fraction of sp³-hybridized carbons (Fsp3) is 0.846. The molecule has 1 aromatic rings. The van der Waals surface area contributed by atoms with E-state index in [2.05, 4.69) is 35.8 Å². The summed E-state index contributed by atoms with van der Waals surface area (Å²) in [6, 6.07) is 0.905. The van der Waals surface area contributed by atoms with Gasteiger partial charge in [0.1, 0.15) is 12.2 Å². The van der Waals surface area contributed by atoms with E-state index in [1.54, 1.807) is 6.33 Å². The van der Waals surface area contributed by atoms with Crippen molar-refractivity contribution >= 4 is 0 Å². The van der Waals surface area contributed by atoms with E-state index >= 15 is 0 Å². The summed E-state index contributed by atoms with van der Waals surface area (Å²) >= 11 is 0. The van der Waals surface area contributed by atoms with Crippen LogP contribution >= 0.6 is 0 Å². The number of piperidine rings is 1. The van der Waals surface area contributed by atoms with Gasteiger partial charge in [-0.05, 0) is 25.7 Å². The third-order valence-corrected chi connectivity index (χ3v) is 3.63. The highest BCUT2D eigenvalue weighted by Crippen LogP contribution is 2.18. The van der Waals surface area contributed by atoms with Gasteiger partial charge in [-0.15, -0.1) is 0 Å². The SMILES string of the molecule is CC(C)Cn1ncnc1CN1CCC(N)CC1C.